The topological polar surface area (TPSA) is 61.0 Å². The summed E-state index contributed by atoms with van der Waals surface area (Å²) in [4.78, 5) is 14.3. The van der Waals surface area contributed by atoms with Crippen LogP contribution in [0.2, 0.25) is 0 Å². The molecule has 5 heteroatoms. The van der Waals surface area contributed by atoms with Crippen LogP contribution in [0.1, 0.15) is 42.6 Å². The first-order chi connectivity index (χ1) is 11.2. The number of nitrogens with one attached hydrogen (secondary N) is 2. The van der Waals surface area contributed by atoms with Gasteiger partial charge >= 0.3 is 0 Å². The summed E-state index contributed by atoms with van der Waals surface area (Å²) in [5.41, 5.74) is 3.80. The van der Waals surface area contributed by atoms with Crippen LogP contribution in [-0.4, -0.2) is 41.1 Å². The Bertz CT molecular complexity index is 635. The maximum absolute atomic E-state index is 12.0. The predicted molar refractivity (Wildman–Crippen MR) is 93.3 cm³/mol. The van der Waals surface area contributed by atoms with E-state index in [2.05, 4.69) is 34.4 Å². The number of amides is 1. The van der Waals surface area contributed by atoms with Crippen molar-refractivity contribution in [2.24, 2.45) is 0 Å². The van der Waals surface area contributed by atoms with Crippen molar-refractivity contribution in [3.63, 3.8) is 0 Å². The minimum absolute atomic E-state index is 0.0459. The van der Waals surface area contributed by atoms with Gasteiger partial charge in [0.15, 0.2) is 0 Å². The molecule has 1 amide bonds. The van der Waals surface area contributed by atoms with Crippen molar-refractivity contribution in [2.45, 2.75) is 33.2 Å². The molecular weight excluding hydrogens is 288 g/mol. The molecule has 1 heterocycles. The van der Waals surface area contributed by atoms with E-state index in [1.165, 1.54) is 12.8 Å². The van der Waals surface area contributed by atoms with Gasteiger partial charge in [-0.15, -0.1) is 0 Å². The number of rotatable bonds is 8. The summed E-state index contributed by atoms with van der Waals surface area (Å²) >= 11 is 0. The fourth-order valence-corrected chi connectivity index (χ4v) is 2.56. The highest BCUT2D eigenvalue weighted by molar-refractivity contribution is 5.95. The van der Waals surface area contributed by atoms with Crippen molar-refractivity contribution in [3.8, 4) is 11.3 Å². The van der Waals surface area contributed by atoms with Gasteiger partial charge in [0, 0.05) is 29.8 Å². The molecule has 0 saturated heterocycles. The Labute approximate surface area is 138 Å². The summed E-state index contributed by atoms with van der Waals surface area (Å²) in [7, 11) is 2.12. The van der Waals surface area contributed by atoms with Crippen LogP contribution in [0.25, 0.3) is 11.3 Å². The number of H-pyrrole nitrogens is 1. The van der Waals surface area contributed by atoms with Crippen LogP contribution in [0.15, 0.2) is 30.5 Å². The van der Waals surface area contributed by atoms with Gasteiger partial charge < -0.3 is 10.2 Å². The Morgan fingerprint density at radius 1 is 1.35 bits per heavy atom. The zero-order valence-electron chi connectivity index (χ0n) is 14.2. The second kappa shape index (κ2) is 8.48. The SMILES string of the molecule is CCCCN(C)Cc1cn[nH]c1-c1cccc(C(=O)NCC)c1. The maximum atomic E-state index is 12.0. The van der Waals surface area contributed by atoms with E-state index in [0.717, 1.165) is 29.9 Å². The van der Waals surface area contributed by atoms with Gasteiger partial charge in [0.1, 0.15) is 0 Å². The van der Waals surface area contributed by atoms with Crippen molar-refractivity contribution in [1.29, 1.82) is 0 Å². The molecule has 1 aromatic carbocycles. The lowest BCUT2D eigenvalue weighted by atomic mass is 10.0. The monoisotopic (exact) mass is 314 g/mol. The second-order valence-corrected chi connectivity index (χ2v) is 5.80. The highest BCUT2D eigenvalue weighted by Crippen LogP contribution is 2.23. The number of unbranched alkanes of at least 4 members (excludes halogenated alkanes) is 1. The summed E-state index contributed by atoms with van der Waals surface area (Å²) in [6.45, 7) is 6.66. The van der Waals surface area contributed by atoms with E-state index in [1.807, 2.05) is 37.4 Å². The molecule has 124 valence electrons. The molecule has 0 bridgehead atoms. The quantitative estimate of drug-likeness (QED) is 0.787. The lowest BCUT2D eigenvalue weighted by Gasteiger charge is -2.16. The molecule has 0 aliphatic carbocycles. The molecule has 5 nitrogen and oxygen atoms in total. The standard InChI is InChI=1S/C18H26N4O/c1-4-6-10-22(3)13-16-12-20-21-17(16)14-8-7-9-15(11-14)18(23)19-5-2/h7-9,11-12H,4-6,10,13H2,1-3H3,(H,19,23)(H,20,21). The fraction of sp³-hybridized carbons (Fsp3) is 0.444. The minimum Gasteiger partial charge on any atom is -0.352 e. The van der Waals surface area contributed by atoms with Crippen molar-refractivity contribution in [2.75, 3.05) is 20.1 Å². The van der Waals surface area contributed by atoms with Gasteiger partial charge in [-0.2, -0.15) is 5.10 Å². The Kier molecular flexibility index (Phi) is 6.35. The fourth-order valence-electron chi connectivity index (χ4n) is 2.56. The summed E-state index contributed by atoms with van der Waals surface area (Å²) < 4.78 is 0. The molecule has 0 atom stereocenters. The molecule has 0 aliphatic rings. The highest BCUT2D eigenvalue weighted by Gasteiger charge is 2.12. The second-order valence-electron chi connectivity index (χ2n) is 5.80. The van der Waals surface area contributed by atoms with Gasteiger partial charge in [0.25, 0.3) is 5.91 Å². The number of benzene rings is 1. The van der Waals surface area contributed by atoms with E-state index in [4.69, 9.17) is 0 Å². The first kappa shape index (κ1) is 17.2. The summed E-state index contributed by atoms with van der Waals surface area (Å²) in [6.07, 6.45) is 4.25. The molecule has 1 aromatic heterocycles. The molecule has 2 aromatic rings. The first-order valence-electron chi connectivity index (χ1n) is 8.25. The van der Waals surface area contributed by atoms with Gasteiger partial charge in [-0.25, -0.2) is 0 Å². The van der Waals surface area contributed by atoms with Crippen LogP contribution in [0.5, 0.6) is 0 Å². The average Bonchev–Trinajstić information content (AvgIpc) is 3.01. The van der Waals surface area contributed by atoms with Crippen molar-refractivity contribution >= 4 is 5.91 Å². The van der Waals surface area contributed by atoms with E-state index in [-0.39, 0.29) is 5.91 Å². The lowest BCUT2D eigenvalue weighted by Crippen LogP contribution is -2.22. The zero-order valence-corrected chi connectivity index (χ0v) is 14.2. The van der Waals surface area contributed by atoms with Crippen LogP contribution in [-0.2, 0) is 6.54 Å². The van der Waals surface area contributed by atoms with E-state index in [9.17, 15) is 4.79 Å². The van der Waals surface area contributed by atoms with Crippen LogP contribution >= 0.6 is 0 Å². The lowest BCUT2D eigenvalue weighted by molar-refractivity contribution is 0.0956. The van der Waals surface area contributed by atoms with Gasteiger partial charge in [-0.05, 0) is 39.1 Å². The first-order valence-corrected chi connectivity index (χ1v) is 8.25. The van der Waals surface area contributed by atoms with E-state index >= 15 is 0 Å². The molecule has 0 unspecified atom stereocenters. The van der Waals surface area contributed by atoms with Crippen molar-refractivity contribution in [3.05, 3.63) is 41.6 Å². The minimum atomic E-state index is -0.0459. The molecule has 23 heavy (non-hydrogen) atoms. The van der Waals surface area contributed by atoms with Crippen LogP contribution in [0, 0.1) is 0 Å². The largest absolute Gasteiger partial charge is 0.352 e. The number of hydrogen-bond donors (Lipinski definition) is 2. The molecule has 0 saturated carbocycles. The molecule has 2 N–H and O–H groups in total. The number of aromatic nitrogens is 2. The Hall–Kier alpha value is -2.14. The number of carbonyl (C=O) groups is 1. The summed E-state index contributed by atoms with van der Waals surface area (Å²) in [5.74, 6) is -0.0459. The predicted octanol–water partition coefficient (Wildman–Crippen LogP) is 3.06. The van der Waals surface area contributed by atoms with Crippen LogP contribution in [0.3, 0.4) is 0 Å². The molecule has 0 spiro atoms. The van der Waals surface area contributed by atoms with Crippen molar-refractivity contribution in [1.82, 2.24) is 20.4 Å². The molecule has 2 rings (SSSR count). The van der Waals surface area contributed by atoms with E-state index < -0.39 is 0 Å². The third-order valence-electron chi connectivity index (χ3n) is 3.80. The number of carbonyl (C=O) groups excluding carboxylic acids is 1. The number of nitrogens with zero attached hydrogens (tertiary/aromatic N) is 2. The zero-order chi connectivity index (χ0) is 16.7. The van der Waals surface area contributed by atoms with Gasteiger partial charge in [0.2, 0.25) is 0 Å². The van der Waals surface area contributed by atoms with Gasteiger partial charge in [-0.3, -0.25) is 9.89 Å². The van der Waals surface area contributed by atoms with Gasteiger partial charge in [0.05, 0.1) is 11.9 Å². The summed E-state index contributed by atoms with van der Waals surface area (Å²) in [6, 6.07) is 7.66. The normalized spacial score (nSPS) is 11.0. The smallest absolute Gasteiger partial charge is 0.251 e. The summed E-state index contributed by atoms with van der Waals surface area (Å²) in [5, 5.41) is 10.1. The van der Waals surface area contributed by atoms with Crippen molar-refractivity contribution < 1.29 is 4.79 Å². The number of hydrogen-bond acceptors (Lipinski definition) is 3. The van der Waals surface area contributed by atoms with Crippen LogP contribution in [0.4, 0.5) is 0 Å². The third kappa shape index (κ3) is 4.66. The molecule has 0 fully saturated rings. The third-order valence-corrected chi connectivity index (χ3v) is 3.80. The Morgan fingerprint density at radius 3 is 2.91 bits per heavy atom. The maximum Gasteiger partial charge on any atom is 0.251 e. The van der Waals surface area contributed by atoms with E-state index in [0.29, 0.717) is 12.1 Å². The van der Waals surface area contributed by atoms with Crippen LogP contribution < -0.4 is 5.32 Å². The number of aromatic amines is 1. The van der Waals surface area contributed by atoms with Gasteiger partial charge in [-0.1, -0.05) is 25.5 Å². The van der Waals surface area contributed by atoms with E-state index in [1.54, 1.807) is 0 Å². The highest BCUT2D eigenvalue weighted by atomic mass is 16.1. The Balaban J connectivity index is 2.18. The molecular formula is C18H26N4O. The Morgan fingerprint density at radius 2 is 2.17 bits per heavy atom. The molecule has 0 aliphatic heterocycles. The average molecular weight is 314 g/mol. The molecule has 0 radical (unpaired) electrons.